The van der Waals surface area contributed by atoms with Crippen molar-refractivity contribution in [2.24, 2.45) is 11.7 Å². The maximum atomic E-state index is 12.1. The summed E-state index contributed by atoms with van der Waals surface area (Å²) < 4.78 is 0. The molecule has 0 saturated carbocycles. The minimum atomic E-state index is -0.526. The number of nitrogens with two attached hydrogens (primary N) is 1. The molecule has 0 heterocycles. The van der Waals surface area contributed by atoms with Gasteiger partial charge in [-0.1, -0.05) is 26.0 Å². The van der Waals surface area contributed by atoms with Crippen LogP contribution in [0, 0.1) is 17.2 Å². The molecule has 0 bridgehead atoms. The van der Waals surface area contributed by atoms with Crippen LogP contribution in [0.4, 0.5) is 5.69 Å². The van der Waals surface area contributed by atoms with E-state index in [0.29, 0.717) is 23.6 Å². The summed E-state index contributed by atoms with van der Waals surface area (Å²) in [5.74, 6) is 0.204. The summed E-state index contributed by atoms with van der Waals surface area (Å²) in [5.41, 5.74) is 6.95. The van der Waals surface area contributed by atoms with Gasteiger partial charge in [-0.05, 0) is 24.5 Å². The Bertz CT molecular complexity index is 462. The van der Waals surface area contributed by atoms with Gasteiger partial charge in [0.1, 0.15) is 6.07 Å². The van der Waals surface area contributed by atoms with Crippen molar-refractivity contribution in [1.82, 2.24) is 0 Å². The Morgan fingerprint density at radius 1 is 1.44 bits per heavy atom. The van der Waals surface area contributed by atoms with Crippen LogP contribution in [0.2, 0.25) is 0 Å². The topological polar surface area (TPSA) is 70.1 Å². The highest BCUT2D eigenvalue weighted by molar-refractivity contribution is 5.97. The maximum absolute atomic E-state index is 12.1. The Kier molecular flexibility index (Phi) is 4.87. The first kappa shape index (κ1) is 14.2. The molecule has 1 aromatic carbocycles. The lowest BCUT2D eigenvalue weighted by Gasteiger charge is -2.23. The van der Waals surface area contributed by atoms with Crippen LogP contribution >= 0.6 is 0 Å². The van der Waals surface area contributed by atoms with Gasteiger partial charge in [0, 0.05) is 7.05 Å². The number of carbonyl (C=O) groups excluding carboxylic acids is 1. The first-order chi connectivity index (χ1) is 8.47. The molecule has 0 aliphatic carbocycles. The van der Waals surface area contributed by atoms with E-state index in [-0.39, 0.29) is 5.91 Å². The normalized spacial score (nSPS) is 12.0. The van der Waals surface area contributed by atoms with Crippen molar-refractivity contribution < 1.29 is 4.79 Å². The molecule has 96 valence electrons. The van der Waals surface area contributed by atoms with E-state index in [1.165, 1.54) is 4.90 Å². The Labute approximate surface area is 108 Å². The van der Waals surface area contributed by atoms with Gasteiger partial charge in [-0.2, -0.15) is 5.26 Å². The number of nitriles is 1. The summed E-state index contributed by atoms with van der Waals surface area (Å²) in [6, 6.07) is 8.56. The fourth-order valence-corrected chi connectivity index (χ4v) is 1.84. The second-order valence-corrected chi connectivity index (χ2v) is 4.76. The number of amides is 1. The number of hydrogen-bond donors (Lipinski definition) is 1. The lowest BCUT2D eigenvalue weighted by atomic mass is 10.0. The van der Waals surface area contributed by atoms with Crippen LogP contribution < -0.4 is 10.6 Å². The Morgan fingerprint density at radius 3 is 2.61 bits per heavy atom. The van der Waals surface area contributed by atoms with Gasteiger partial charge in [-0.25, -0.2) is 0 Å². The SMILES string of the molecule is CC(C)C[C@H](N)C(=O)N(C)c1ccccc1C#N. The van der Waals surface area contributed by atoms with Crippen molar-refractivity contribution in [3.05, 3.63) is 29.8 Å². The lowest BCUT2D eigenvalue weighted by Crippen LogP contribution is -2.42. The minimum Gasteiger partial charge on any atom is -0.320 e. The second kappa shape index (κ2) is 6.18. The van der Waals surface area contributed by atoms with E-state index >= 15 is 0 Å². The molecule has 2 N–H and O–H groups in total. The van der Waals surface area contributed by atoms with Crippen molar-refractivity contribution in [3.8, 4) is 6.07 Å². The predicted octanol–water partition coefficient (Wildman–Crippen LogP) is 1.89. The summed E-state index contributed by atoms with van der Waals surface area (Å²) in [6.45, 7) is 4.05. The molecule has 1 amide bonds. The molecule has 1 aromatic rings. The van der Waals surface area contributed by atoms with Crippen molar-refractivity contribution in [2.75, 3.05) is 11.9 Å². The first-order valence-corrected chi connectivity index (χ1v) is 5.99. The fourth-order valence-electron chi connectivity index (χ4n) is 1.84. The number of para-hydroxylation sites is 1. The third-order valence-corrected chi connectivity index (χ3v) is 2.76. The summed E-state index contributed by atoms with van der Waals surface area (Å²) in [5, 5.41) is 9.01. The molecule has 1 atom stereocenters. The molecule has 0 aliphatic heterocycles. The van der Waals surface area contributed by atoms with Crippen LogP contribution in [0.1, 0.15) is 25.8 Å². The van der Waals surface area contributed by atoms with Gasteiger partial charge in [0.25, 0.3) is 0 Å². The molecule has 18 heavy (non-hydrogen) atoms. The zero-order chi connectivity index (χ0) is 13.7. The van der Waals surface area contributed by atoms with Crippen LogP contribution in [-0.4, -0.2) is 19.0 Å². The molecule has 0 spiro atoms. The summed E-state index contributed by atoms with van der Waals surface area (Å²) in [4.78, 5) is 13.6. The maximum Gasteiger partial charge on any atom is 0.243 e. The molecular formula is C14H19N3O. The van der Waals surface area contributed by atoms with Crippen LogP contribution in [0.5, 0.6) is 0 Å². The van der Waals surface area contributed by atoms with E-state index in [0.717, 1.165) is 0 Å². The number of benzene rings is 1. The molecule has 0 radical (unpaired) electrons. The molecule has 4 nitrogen and oxygen atoms in total. The Hall–Kier alpha value is -1.86. The van der Waals surface area contributed by atoms with Gasteiger partial charge in [-0.3, -0.25) is 4.79 Å². The smallest absolute Gasteiger partial charge is 0.243 e. The number of hydrogen-bond acceptors (Lipinski definition) is 3. The van der Waals surface area contributed by atoms with E-state index in [2.05, 4.69) is 6.07 Å². The van der Waals surface area contributed by atoms with Crippen molar-refractivity contribution in [2.45, 2.75) is 26.3 Å². The summed E-state index contributed by atoms with van der Waals surface area (Å²) in [6.07, 6.45) is 0.637. The first-order valence-electron chi connectivity index (χ1n) is 5.99. The van der Waals surface area contributed by atoms with Crippen LogP contribution in [-0.2, 0) is 4.79 Å². The van der Waals surface area contributed by atoms with Crippen LogP contribution in [0.25, 0.3) is 0 Å². The molecule has 0 fully saturated rings. The van der Waals surface area contributed by atoms with E-state index in [1.54, 1.807) is 31.3 Å². The summed E-state index contributed by atoms with van der Waals surface area (Å²) in [7, 11) is 1.65. The molecule has 0 aliphatic rings. The van der Waals surface area contributed by atoms with Crippen LogP contribution in [0.15, 0.2) is 24.3 Å². The van der Waals surface area contributed by atoms with Gasteiger partial charge in [0.15, 0.2) is 0 Å². The number of rotatable bonds is 4. The molecule has 0 saturated heterocycles. The molecule has 1 rings (SSSR count). The third-order valence-electron chi connectivity index (χ3n) is 2.76. The van der Waals surface area contributed by atoms with Crippen molar-refractivity contribution in [1.29, 1.82) is 5.26 Å². The second-order valence-electron chi connectivity index (χ2n) is 4.76. The number of likely N-dealkylation sites (N-methyl/N-ethyl adjacent to an activating group) is 1. The third kappa shape index (κ3) is 3.31. The van der Waals surface area contributed by atoms with Gasteiger partial charge in [0.05, 0.1) is 17.3 Å². The van der Waals surface area contributed by atoms with Crippen molar-refractivity contribution in [3.63, 3.8) is 0 Å². The quantitative estimate of drug-likeness (QED) is 0.880. The average molecular weight is 245 g/mol. The Morgan fingerprint density at radius 2 is 2.06 bits per heavy atom. The van der Waals surface area contributed by atoms with Gasteiger partial charge in [-0.15, -0.1) is 0 Å². The average Bonchev–Trinajstić information content (AvgIpc) is 2.36. The van der Waals surface area contributed by atoms with Crippen molar-refractivity contribution >= 4 is 11.6 Å². The van der Waals surface area contributed by atoms with Gasteiger partial charge in [0.2, 0.25) is 5.91 Å². The predicted molar refractivity (Wildman–Crippen MR) is 72.0 cm³/mol. The highest BCUT2D eigenvalue weighted by atomic mass is 16.2. The molecule has 0 aromatic heterocycles. The monoisotopic (exact) mass is 245 g/mol. The zero-order valence-electron chi connectivity index (χ0n) is 11.1. The van der Waals surface area contributed by atoms with E-state index in [1.807, 2.05) is 13.8 Å². The molecule has 4 heteroatoms. The zero-order valence-corrected chi connectivity index (χ0v) is 11.1. The van der Waals surface area contributed by atoms with E-state index < -0.39 is 6.04 Å². The number of nitrogens with zero attached hydrogens (tertiary/aromatic N) is 2. The molecule has 0 unspecified atom stereocenters. The van der Waals surface area contributed by atoms with Gasteiger partial charge < -0.3 is 10.6 Å². The lowest BCUT2D eigenvalue weighted by molar-refractivity contribution is -0.119. The van der Waals surface area contributed by atoms with E-state index in [9.17, 15) is 4.79 Å². The van der Waals surface area contributed by atoms with Gasteiger partial charge >= 0.3 is 0 Å². The van der Waals surface area contributed by atoms with E-state index in [4.69, 9.17) is 11.0 Å². The Balaban J connectivity index is 2.90. The number of carbonyl (C=O) groups is 1. The van der Waals surface area contributed by atoms with Crippen LogP contribution in [0.3, 0.4) is 0 Å². The largest absolute Gasteiger partial charge is 0.320 e. The fraction of sp³-hybridized carbons (Fsp3) is 0.429. The minimum absolute atomic E-state index is 0.161. The molecular weight excluding hydrogens is 226 g/mol. The standard InChI is InChI=1S/C14H19N3O/c1-10(2)8-12(16)14(18)17(3)13-7-5-4-6-11(13)9-15/h4-7,10,12H,8,16H2,1-3H3/t12-/m0/s1. The summed E-state index contributed by atoms with van der Waals surface area (Å²) >= 11 is 0. The number of anilines is 1. The highest BCUT2D eigenvalue weighted by Gasteiger charge is 2.21. The highest BCUT2D eigenvalue weighted by Crippen LogP contribution is 2.19.